The molecule has 0 bridgehead atoms. The molecule has 1 aliphatic rings. The second-order valence-electron chi connectivity index (χ2n) is 3.98. The van der Waals surface area contributed by atoms with E-state index in [1.807, 2.05) is 0 Å². The summed E-state index contributed by atoms with van der Waals surface area (Å²) in [5, 5.41) is 9.23. The van der Waals surface area contributed by atoms with Gasteiger partial charge in [0.1, 0.15) is 5.41 Å². The van der Waals surface area contributed by atoms with Gasteiger partial charge in [0, 0.05) is 0 Å². The standard InChI is InChI=1S/C12H18O2/c1-3-12(4-2,11(13)14)10-8-6-5-7-9-10/h3-4,10H,1-2,5-9H2,(H,13,14). The lowest BCUT2D eigenvalue weighted by molar-refractivity contribution is -0.146. The van der Waals surface area contributed by atoms with Crippen LogP contribution in [0.1, 0.15) is 32.1 Å². The lowest BCUT2D eigenvalue weighted by Crippen LogP contribution is -2.36. The van der Waals surface area contributed by atoms with Crippen LogP contribution in [0, 0.1) is 11.3 Å². The lowest BCUT2D eigenvalue weighted by Gasteiger charge is -2.34. The molecule has 1 rings (SSSR count). The SMILES string of the molecule is C=CC(C=C)(C(=O)O)C1CCCCC1. The first-order valence-corrected chi connectivity index (χ1v) is 5.18. The van der Waals surface area contributed by atoms with Crippen molar-refractivity contribution >= 4 is 5.97 Å². The molecule has 0 atom stereocenters. The summed E-state index contributed by atoms with van der Waals surface area (Å²) in [6, 6.07) is 0. The fourth-order valence-corrected chi connectivity index (χ4v) is 2.35. The Labute approximate surface area is 85.3 Å². The molecule has 1 aliphatic carbocycles. The van der Waals surface area contributed by atoms with Gasteiger partial charge < -0.3 is 5.11 Å². The maximum atomic E-state index is 11.2. The summed E-state index contributed by atoms with van der Waals surface area (Å²) < 4.78 is 0. The Balaban J connectivity index is 2.89. The molecule has 0 unspecified atom stereocenters. The van der Waals surface area contributed by atoms with Crippen LogP contribution >= 0.6 is 0 Å². The Morgan fingerprint density at radius 3 is 2.07 bits per heavy atom. The second-order valence-corrected chi connectivity index (χ2v) is 3.98. The van der Waals surface area contributed by atoms with Gasteiger partial charge in [0.25, 0.3) is 0 Å². The summed E-state index contributed by atoms with van der Waals surface area (Å²) in [5.74, 6) is -0.627. The highest BCUT2D eigenvalue weighted by atomic mass is 16.4. The highest BCUT2D eigenvalue weighted by Gasteiger charge is 2.40. The zero-order valence-electron chi connectivity index (χ0n) is 8.54. The summed E-state index contributed by atoms with van der Waals surface area (Å²) in [5.41, 5.74) is -0.902. The van der Waals surface area contributed by atoms with Crippen molar-refractivity contribution < 1.29 is 9.90 Å². The lowest BCUT2D eigenvalue weighted by atomic mass is 9.69. The fourth-order valence-electron chi connectivity index (χ4n) is 2.35. The third kappa shape index (κ3) is 1.74. The molecule has 0 aliphatic heterocycles. The third-order valence-corrected chi connectivity index (χ3v) is 3.33. The largest absolute Gasteiger partial charge is 0.480 e. The first-order valence-electron chi connectivity index (χ1n) is 5.18. The minimum Gasteiger partial charge on any atom is -0.480 e. The Bertz CT molecular complexity index is 229. The number of carboxylic acid groups (broad SMARTS) is 1. The van der Waals surface area contributed by atoms with Gasteiger partial charge in [0.05, 0.1) is 0 Å². The average molecular weight is 194 g/mol. The Kier molecular flexibility index (Phi) is 3.50. The van der Waals surface area contributed by atoms with Crippen molar-refractivity contribution in [1.29, 1.82) is 0 Å². The van der Waals surface area contributed by atoms with Crippen LogP contribution in [-0.4, -0.2) is 11.1 Å². The first kappa shape index (κ1) is 11.0. The van der Waals surface area contributed by atoms with Gasteiger partial charge in [-0.15, -0.1) is 13.2 Å². The van der Waals surface area contributed by atoms with Gasteiger partial charge in [-0.3, -0.25) is 4.79 Å². The van der Waals surface area contributed by atoms with E-state index in [1.165, 1.54) is 6.42 Å². The van der Waals surface area contributed by atoms with Crippen molar-refractivity contribution in [2.24, 2.45) is 11.3 Å². The number of hydrogen-bond acceptors (Lipinski definition) is 1. The van der Waals surface area contributed by atoms with E-state index in [-0.39, 0.29) is 5.92 Å². The Hall–Kier alpha value is -1.05. The predicted molar refractivity (Wildman–Crippen MR) is 57.0 cm³/mol. The topological polar surface area (TPSA) is 37.3 Å². The monoisotopic (exact) mass is 194 g/mol. The summed E-state index contributed by atoms with van der Waals surface area (Å²) in [6.07, 6.45) is 8.51. The van der Waals surface area contributed by atoms with Gasteiger partial charge in [-0.25, -0.2) is 0 Å². The van der Waals surface area contributed by atoms with Crippen molar-refractivity contribution in [3.05, 3.63) is 25.3 Å². The number of rotatable bonds is 4. The maximum Gasteiger partial charge on any atom is 0.317 e. The zero-order valence-corrected chi connectivity index (χ0v) is 8.54. The van der Waals surface area contributed by atoms with Crippen molar-refractivity contribution in [3.63, 3.8) is 0 Å². The quantitative estimate of drug-likeness (QED) is 0.698. The number of carboxylic acids is 1. The van der Waals surface area contributed by atoms with Crippen LogP contribution in [0.5, 0.6) is 0 Å². The van der Waals surface area contributed by atoms with Crippen LogP contribution in [0.25, 0.3) is 0 Å². The number of carbonyl (C=O) groups is 1. The van der Waals surface area contributed by atoms with Crippen LogP contribution in [-0.2, 0) is 4.79 Å². The molecule has 0 aromatic rings. The van der Waals surface area contributed by atoms with Crippen LogP contribution < -0.4 is 0 Å². The molecular weight excluding hydrogens is 176 g/mol. The van der Waals surface area contributed by atoms with Gasteiger partial charge in [-0.05, 0) is 18.8 Å². The molecule has 0 saturated heterocycles. The Morgan fingerprint density at radius 2 is 1.71 bits per heavy atom. The van der Waals surface area contributed by atoms with E-state index in [4.69, 9.17) is 0 Å². The molecule has 0 aromatic carbocycles. The number of hydrogen-bond donors (Lipinski definition) is 1. The summed E-state index contributed by atoms with van der Waals surface area (Å²) in [6.45, 7) is 7.30. The third-order valence-electron chi connectivity index (χ3n) is 3.33. The molecule has 1 fully saturated rings. The molecule has 0 amide bonds. The normalized spacial score (nSPS) is 18.9. The molecular formula is C12H18O2. The molecule has 0 heterocycles. The van der Waals surface area contributed by atoms with Crippen molar-refractivity contribution in [2.45, 2.75) is 32.1 Å². The van der Waals surface area contributed by atoms with Crippen LogP contribution in [0.4, 0.5) is 0 Å². The van der Waals surface area contributed by atoms with E-state index in [1.54, 1.807) is 12.2 Å². The van der Waals surface area contributed by atoms with E-state index in [0.717, 1.165) is 25.7 Å². The summed E-state index contributed by atoms with van der Waals surface area (Å²) in [4.78, 5) is 11.2. The smallest absolute Gasteiger partial charge is 0.317 e. The van der Waals surface area contributed by atoms with Gasteiger partial charge >= 0.3 is 5.97 Å². The first-order chi connectivity index (χ1) is 6.67. The van der Waals surface area contributed by atoms with Crippen LogP contribution in [0.3, 0.4) is 0 Å². The number of aliphatic carboxylic acids is 1. The molecule has 2 nitrogen and oxygen atoms in total. The second kappa shape index (κ2) is 4.45. The summed E-state index contributed by atoms with van der Waals surface area (Å²) >= 11 is 0. The van der Waals surface area contributed by atoms with E-state index in [9.17, 15) is 9.90 Å². The van der Waals surface area contributed by atoms with E-state index < -0.39 is 11.4 Å². The van der Waals surface area contributed by atoms with E-state index >= 15 is 0 Å². The predicted octanol–water partition coefficient (Wildman–Crippen LogP) is 3.01. The van der Waals surface area contributed by atoms with Gasteiger partial charge in [0.2, 0.25) is 0 Å². The molecule has 78 valence electrons. The fraction of sp³-hybridized carbons (Fsp3) is 0.583. The van der Waals surface area contributed by atoms with E-state index in [2.05, 4.69) is 13.2 Å². The molecule has 0 radical (unpaired) electrons. The van der Waals surface area contributed by atoms with Gasteiger partial charge in [-0.1, -0.05) is 31.4 Å². The van der Waals surface area contributed by atoms with Crippen molar-refractivity contribution in [3.8, 4) is 0 Å². The highest BCUT2D eigenvalue weighted by molar-refractivity contribution is 5.79. The molecule has 0 spiro atoms. The maximum absolute atomic E-state index is 11.2. The van der Waals surface area contributed by atoms with Gasteiger partial charge in [0.15, 0.2) is 0 Å². The average Bonchev–Trinajstić information content (AvgIpc) is 2.22. The van der Waals surface area contributed by atoms with Crippen LogP contribution in [0.15, 0.2) is 25.3 Å². The van der Waals surface area contributed by atoms with E-state index in [0.29, 0.717) is 0 Å². The molecule has 2 heteroatoms. The zero-order chi connectivity index (χ0) is 10.6. The van der Waals surface area contributed by atoms with Gasteiger partial charge in [-0.2, -0.15) is 0 Å². The van der Waals surface area contributed by atoms with Crippen molar-refractivity contribution in [2.75, 3.05) is 0 Å². The van der Waals surface area contributed by atoms with Crippen molar-refractivity contribution in [1.82, 2.24) is 0 Å². The minimum absolute atomic E-state index is 0.184. The molecule has 1 N–H and O–H groups in total. The summed E-state index contributed by atoms with van der Waals surface area (Å²) in [7, 11) is 0. The van der Waals surface area contributed by atoms with Crippen LogP contribution in [0.2, 0.25) is 0 Å². The molecule has 1 saturated carbocycles. The minimum atomic E-state index is -0.902. The molecule has 14 heavy (non-hydrogen) atoms. The highest BCUT2D eigenvalue weighted by Crippen LogP contribution is 2.40. The Morgan fingerprint density at radius 1 is 1.21 bits per heavy atom. The molecule has 0 aromatic heterocycles.